The zero-order valence-electron chi connectivity index (χ0n) is 8.72. The Kier molecular flexibility index (Phi) is 3.88. The highest BCUT2D eigenvalue weighted by Crippen LogP contribution is 2.25. The molecule has 0 aromatic rings. The predicted molar refractivity (Wildman–Crippen MR) is 59.2 cm³/mol. The molecule has 2 saturated heterocycles. The molecule has 2 aliphatic rings. The van der Waals surface area contributed by atoms with Gasteiger partial charge in [-0.05, 0) is 23.8 Å². The molecule has 2 rings (SSSR count). The van der Waals surface area contributed by atoms with Crippen LogP contribution in [0.4, 0.5) is 0 Å². The first-order valence-electron chi connectivity index (χ1n) is 5.39. The van der Waals surface area contributed by atoms with Gasteiger partial charge in [0.1, 0.15) is 6.04 Å². The van der Waals surface area contributed by atoms with Gasteiger partial charge in [-0.25, -0.2) is 0 Å². The van der Waals surface area contributed by atoms with Crippen molar-refractivity contribution in [1.82, 2.24) is 4.90 Å². The summed E-state index contributed by atoms with van der Waals surface area (Å²) < 4.78 is 5.21. The van der Waals surface area contributed by atoms with Gasteiger partial charge in [0.25, 0.3) is 0 Å². The molecule has 15 heavy (non-hydrogen) atoms. The number of aliphatic carboxylic acids is 1. The number of thioether (sulfide) groups is 1. The van der Waals surface area contributed by atoms with Crippen molar-refractivity contribution in [2.75, 3.05) is 37.8 Å². The molecular weight excluding hydrogens is 214 g/mol. The Morgan fingerprint density at radius 3 is 3.13 bits per heavy atom. The maximum absolute atomic E-state index is 11.0. The average molecular weight is 231 g/mol. The number of carbonyl (C=O) groups is 1. The van der Waals surface area contributed by atoms with E-state index in [-0.39, 0.29) is 0 Å². The molecule has 5 heteroatoms. The molecule has 4 nitrogen and oxygen atoms in total. The van der Waals surface area contributed by atoms with Gasteiger partial charge in [-0.15, -0.1) is 0 Å². The maximum atomic E-state index is 11.0. The van der Waals surface area contributed by atoms with Crippen molar-refractivity contribution in [3.63, 3.8) is 0 Å². The number of nitrogens with zero attached hydrogens (tertiary/aromatic N) is 1. The van der Waals surface area contributed by atoms with Crippen LogP contribution in [0.3, 0.4) is 0 Å². The zero-order chi connectivity index (χ0) is 10.7. The summed E-state index contributed by atoms with van der Waals surface area (Å²) in [6, 6.07) is -0.427. The Labute approximate surface area is 94.0 Å². The first-order valence-corrected chi connectivity index (χ1v) is 6.55. The van der Waals surface area contributed by atoms with Crippen molar-refractivity contribution in [3.8, 4) is 0 Å². The Bertz CT molecular complexity index is 231. The van der Waals surface area contributed by atoms with E-state index >= 15 is 0 Å². The lowest BCUT2D eigenvalue weighted by molar-refractivity contribution is -0.149. The minimum atomic E-state index is -0.750. The fourth-order valence-corrected chi connectivity index (χ4v) is 3.42. The van der Waals surface area contributed by atoms with E-state index in [0.717, 1.165) is 13.1 Å². The fourth-order valence-electron chi connectivity index (χ4n) is 2.14. The summed E-state index contributed by atoms with van der Waals surface area (Å²) in [7, 11) is 0. The van der Waals surface area contributed by atoms with Crippen LogP contribution < -0.4 is 0 Å². The Morgan fingerprint density at radius 1 is 1.60 bits per heavy atom. The number of morpholine rings is 1. The Hall–Kier alpha value is -0.260. The van der Waals surface area contributed by atoms with Gasteiger partial charge in [0.15, 0.2) is 0 Å². The van der Waals surface area contributed by atoms with Crippen LogP contribution in [0.2, 0.25) is 0 Å². The molecule has 0 bridgehead atoms. The summed E-state index contributed by atoms with van der Waals surface area (Å²) in [6.07, 6.45) is 1.23. The van der Waals surface area contributed by atoms with Crippen molar-refractivity contribution in [1.29, 1.82) is 0 Å². The van der Waals surface area contributed by atoms with Gasteiger partial charge in [-0.1, -0.05) is 0 Å². The fraction of sp³-hybridized carbons (Fsp3) is 0.900. The van der Waals surface area contributed by atoms with Crippen LogP contribution in [0.5, 0.6) is 0 Å². The molecule has 2 unspecified atom stereocenters. The molecule has 1 N–H and O–H groups in total. The first-order chi connectivity index (χ1) is 7.27. The zero-order valence-corrected chi connectivity index (χ0v) is 9.54. The standard InChI is InChI=1S/C10H17NO3S/c12-10(13)9-6-14-3-2-11(9)5-8-1-4-15-7-8/h8-9H,1-7H2,(H,12,13). The molecule has 2 aliphatic heterocycles. The number of rotatable bonds is 3. The highest BCUT2D eigenvalue weighted by molar-refractivity contribution is 7.99. The molecule has 2 fully saturated rings. The van der Waals surface area contributed by atoms with E-state index in [2.05, 4.69) is 4.90 Å². The maximum Gasteiger partial charge on any atom is 0.323 e. The van der Waals surface area contributed by atoms with Crippen molar-refractivity contribution >= 4 is 17.7 Å². The smallest absolute Gasteiger partial charge is 0.323 e. The lowest BCUT2D eigenvalue weighted by atomic mass is 10.1. The number of carboxylic acids is 1. The van der Waals surface area contributed by atoms with Crippen LogP contribution in [0.25, 0.3) is 0 Å². The van der Waals surface area contributed by atoms with Crippen LogP contribution in [0.15, 0.2) is 0 Å². The molecule has 0 spiro atoms. The average Bonchev–Trinajstić information content (AvgIpc) is 2.71. The van der Waals surface area contributed by atoms with Gasteiger partial charge in [0.05, 0.1) is 13.2 Å². The van der Waals surface area contributed by atoms with Gasteiger partial charge >= 0.3 is 5.97 Å². The van der Waals surface area contributed by atoms with Crippen molar-refractivity contribution in [2.45, 2.75) is 12.5 Å². The largest absolute Gasteiger partial charge is 0.480 e. The molecule has 0 aromatic carbocycles. The molecule has 2 atom stereocenters. The summed E-state index contributed by atoms with van der Waals surface area (Å²) in [5.74, 6) is 2.34. The van der Waals surface area contributed by atoms with Gasteiger partial charge in [0, 0.05) is 13.1 Å². The Morgan fingerprint density at radius 2 is 2.47 bits per heavy atom. The van der Waals surface area contributed by atoms with Gasteiger partial charge in [-0.3, -0.25) is 9.69 Å². The topological polar surface area (TPSA) is 49.8 Å². The van der Waals surface area contributed by atoms with Crippen LogP contribution in [-0.4, -0.2) is 59.8 Å². The van der Waals surface area contributed by atoms with E-state index in [1.54, 1.807) is 0 Å². The van der Waals surface area contributed by atoms with Crippen molar-refractivity contribution < 1.29 is 14.6 Å². The summed E-state index contributed by atoms with van der Waals surface area (Å²) in [4.78, 5) is 13.1. The van der Waals surface area contributed by atoms with E-state index in [1.165, 1.54) is 17.9 Å². The normalized spacial score (nSPS) is 33.1. The highest BCUT2D eigenvalue weighted by Gasteiger charge is 2.31. The van der Waals surface area contributed by atoms with Gasteiger partial charge in [-0.2, -0.15) is 11.8 Å². The third-order valence-corrected chi connectivity index (χ3v) is 4.27. The summed E-state index contributed by atoms with van der Waals surface area (Å²) in [5.41, 5.74) is 0. The lowest BCUT2D eigenvalue weighted by Crippen LogP contribution is -2.51. The summed E-state index contributed by atoms with van der Waals surface area (Å²) in [5, 5.41) is 9.06. The van der Waals surface area contributed by atoms with Crippen LogP contribution >= 0.6 is 11.8 Å². The van der Waals surface area contributed by atoms with Crippen LogP contribution in [0.1, 0.15) is 6.42 Å². The first kappa shape index (κ1) is 11.2. The molecular formula is C10H17NO3S. The Balaban J connectivity index is 1.89. The number of hydrogen-bond acceptors (Lipinski definition) is 4. The number of hydrogen-bond donors (Lipinski definition) is 1. The molecule has 0 aromatic heterocycles. The molecule has 0 radical (unpaired) electrons. The summed E-state index contributed by atoms with van der Waals surface area (Å²) in [6.45, 7) is 2.70. The second-order valence-electron chi connectivity index (χ2n) is 4.15. The van der Waals surface area contributed by atoms with Gasteiger partial charge in [0.2, 0.25) is 0 Å². The molecule has 0 aliphatic carbocycles. The van der Waals surface area contributed by atoms with E-state index in [4.69, 9.17) is 9.84 Å². The number of carboxylic acid groups (broad SMARTS) is 1. The van der Waals surface area contributed by atoms with E-state index in [9.17, 15) is 4.79 Å². The molecule has 0 saturated carbocycles. The predicted octanol–water partition coefficient (Wildman–Crippen LogP) is 0.525. The monoisotopic (exact) mass is 231 g/mol. The quantitative estimate of drug-likeness (QED) is 0.767. The van der Waals surface area contributed by atoms with E-state index in [0.29, 0.717) is 19.1 Å². The van der Waals surface area contributed by atoms with Crippen LogP contribution in [-0.2, 0) is 9.53 Å². The SMILES string of the molecule is O=C(O)C1COCCN1CC1CCSC1. The highest BCUT2D eigenvalue weighted by atomic mass is 32.2. The third-order valence-electron chi connectivity index (χ3n) is 3.04. The van der Waals surface area contributed by atoms with Crippen molar-refractivity contribution in [2.24, 2.45) is 5.92 Å². The third kappa shape index (κ3) is 2.86. The minimum Gasteiger partial charge on any atom is -0.480 e. The summed E-state index contributed by atoms with van der Waals surface area (Å²) >= 11 is 1.98. The second-order valence-corrected chi connectivity index (χ2v) is 5.30. The van der Waals surface area contributed by atoms with Crippen LogP contribution in [0, 0.1) is 5.92 Å². The van der Waals surface area contributed by atoms with Gasteiger partial charge < -0.3 is 9.84 Å². The van der Waals surface area contributed by atoms with Crippen molar-refractivity contribution in [3.05, 3.63) is 0 Å². The molecule has 86 valence electrons. The minimum absolute atomic E-state index is 0.342. The van der Waals surface area contributed by atoms with E-state index < -0.39 is 12.0 Å². The molecule has 0 amide bonds. The number of ether oxygens (including phenoxy) is 1. The second kappa shape index (κ2) is 5.18. The van der Waals surface area contributed by atoms with E-state index in [1.807, 2.05) is 11.8 Å². The molecule has 2 heterocycles. The lowest BCUT2D eigenvalue weighted by Gasteiger charge is -2.34.